The number of sulfone groups is 1. The molecule has 0 radical (unpaired) electrons. The smallest absolute Gasteiger partial charge is 0.231 e. The van der Waals surface area contributed by atoms with Gasteiger partial charge in [-0.2, -0.15) is 15.2 Å². The third-order valence-electron chi connectivity index (χ3n) is 6.15. The Labute approximate surface area is 201 Å². The third kappa shape index (κ3) is 4.50. The summed E-state index contributed by atoms with van der Waals surface area (Å²) in [7, 11) is -1.67. The van der Waals surface area contributed by atoms with Crippen LogP contribution < -0.4 is 4.90 Å². The van der Waals surface area contributed by atoms with Gasteiger partial charge in [0, 0.05) is 68.0 Å². The highest BCUT2D eigenvalue weighted by molar-refractivity contribution is 7.90. The van der Waals surface area contributed by atoms with Crippen molar-refractivity contribution >= 4 is 32.4 Å². The van der Waals surface area contributed by atoms with Gasteiger partial charge < -0.3 is 15.1 Å². The molecule has 3 aromatic heterocycles. The molecule has 184 valence electrons. The Hall–Kier alpha value is -3.39. The van der Waals surface area contributed by atoms with Crippen LogP contribution in [0.5, 0.6) is 0 Å². The second-order valence-electron chi connectivity index (χ2n) is 8.81. The van der Waals surface area contributed by atoms with Crippen molar-refractivity contribution in [2.45, 2.75) is 30.7 Å². The molecule has 0 aliphatic carbocycles. The summed E-state index contributed by atoms with van der Waals surface area (Å²) in [6.45, 7) is 3.29. The Bertz CT molecular complexity index is 1490. The van der Waals surface area contributed by atoms with Crippen LogP contribution in [0.25, 0.3) is 16.7 Å². The molecule has 0 unspecified atom stereocenters. The zero-order valence-electron chi connectivity index (χ0n) is 19.5. The summed E-state index contributed by atoms with van der Waals surface area (Å²) in [6.07, 6.45) is 3.18. The Balaban J connectivity index is 1.41. The predicted octanol–water partition coefficient (Wildman–Crippen LogP) is 0.556. The number of hydrogen-bond acceptors (Lipinski definition) is 10. The molecule has 0 amide bonds. The molecular formula is C22H26N8O4S. The number of aromatic amines is 1. The Morgan fingerprint density at radius 1 is 1.20 bits per heavy atom. The number of likely N-dealkylation sites (tertiary alicyclic amines) is 1. The molecule has 0 bridgehead atoms. The number of benzene rings is 1. The Morgan fingerprint density at radius 2 is 1.94 bits per heavy atom. The monoisotopic (exact) mass is 498 g/mol. The van der Waals surface area contributed by atoms with E-state index in [0.29, 0.717) is 48.0 Å². The molecule has 1 aliphatic rings. The SMILES string of the molecule is Cc1nn(-c2ccnc(N(C)c3ccc4n[nH]c(S(C)(=O)=O)c4c3)n2)cc1CN1C[C@@H](O)[C@@H](O)C1. The van der Waals surface area contributed by atoms with Gasteiger partial charge >= 0.3 is 0 Å². The molecule has 3 N–H and O–H groups in total. The largest absolute Gasteiger partial charge is 0.389 e. The van der Waals surface area contributed by atoms with Crippen molar-refractivity contribution in [1.29, 1.82) is 0 Å². The van der Waals surface area contributed by atoms with Crippen LogP contribution in [0.2, 0.25) is 0 Å². The average molecular weight is 499 g/mol. The van der Waals surface area contributed by atoms with Crippen molar-refractivity contribution in [3.63, 3.8) is 0 Å². The lowest BCUT2D eigenvalue weighted by Crippen LogP contribution is -2.22. The summed E-state index contributed by atoms with van der Waals surface area (Å²) in [5.74, 6) is 0.977. The number of rotatable bonds is 6. The van der Waals surface area contributed by atoms with Crippen LogP contribution in [0.1, 0.15) is 11.3 Å². The average Bonchev–Trinajstić information content (AvgIpc) is 3.50. The fourth-order valence-electron chi connectivity index (χ4n) is 4.20. The Kier molecular flexibility index (Phi) is 5.79. The summed E-state index contributed by atoms with van der Waals surface area (Å²) in [6, 6.07) is 7.05. The van der Waals surface area contributed by atoms with Gasteiger partial charge in [-0.25, -0.2) is 18.1 Å². The topological polar surface area (TPSA) is 153 Å². The van der Waals surface area contributed by atoms with Crippen molar-refractivity contribution in [2.24, 2.45) is 0 Å². The minimum atomic E-state index is -3.46. The van der Waals surface area contributed by atoms with E-state index < -0.39 is 22.0 Å². The van der Waals surface area contributed by atoms with Gasteiger partial charge in [-0.3, -0.25) is 10.00 Å². The fraction of sp³-hybridized carbons (Fsp3) is 0.364. The maximum absolute atomic E-state index is 12.1. The zero-order valence-corrected chi connectivity index (χ0v) is 20.3. The van der Waals surface area contributed by atoms with Gasteiger partial charge in [0.15, 0.2) is 20.7 Å². The summed E-state index contributed by atoms with van der Waals surface area (Å²) in [4.78, 5) is 12.8. The maximum atomic E-state index is 12.1. The molecule has 1 saturated heterocycles. The van der Waals surface area contributed by atoms with Gasteiger partial charge in [-0.15, -0.1) is 0 Å². The summed E-state index contributed by atoms with van der Waals surface area (Å²) in [5.41, 5.74) is 3.05. The van der Waals surface area contributed by atoms with Crippen molar-refractivity contribution in [3.8, 4) is 5.82 Å². The third-order valence-corrected chi connectivity index (χ3v) is 7.21. The molecule has 1 aromatic carbocycles. The number of aryl methyl sites for hydroxylation is 1. The lowest BCUT2D eigenvalue weighted by molar-refractivity contribution is 0.0572. The minimum absolute atomic E-state index is 0.0648. The standard InChI is InChI=1S/C22H26N8O4S/c1-13-14(9-29-11-18(31)19(32)12-29)10-30(27-13)20-6-7-23-22(24-20)28(2)15-4-5-17-16(8-15)21(26-25-17)35(3,33)34/h4-8,10,18-19,31-32H,9,11-12H2,1-3H3,(H,25,26)/t18-,19+. The molecule has 35 heavy (non-hydrogen) atoms. The first-order valence-electron chi connectivity index (χ1n) is 11.0. The number of hydrogen-bond donors (Lipinski definition) is 3. The van der Waals surface area contributed by atoms with E-state index in [2.05, 4.69) is 25.3 Å². The zero-order chi connectivity index (χ0) is 24.9. The molecule has 4 aromatic rings. The molecule has 5 rings (SSSR count). The van der Waals surface area contributed by atoms with E-state index in [1.165, 1.54) is 0 Å². The van der Waals surface area contributed by atoms with Gasteiger partial charge in [0.1, 0.15) is 0 Å². The van der Waals surface area contributed by atoms with Crippen molar-refractivity contribution < 1.29 is 18.6 Å². The quantitative estimate of drug-likeness (QED) is 0.343. The van der Waals surface area contributed by atoms with Crippen LogP contribution in [-0.2, 0) is 16.4 Å². The van der Waals surface area contributed by atoms with Crippen LogP contribution in [0.3, 0.4) is 0 Å². The van der Waals surface area contributed by atoms with Crippen LogP contribution in [0.4, 0.5) is 11.6 Å². The lowest BCUT2D eigenvalue weighted by atomic mass is 10.2. The van der Waals surface area contributed by atoms with E-state index in [1.54, 1.807) is 41.0 Å². The predicted molar refractivity (Wildman–Crippen MR) is 128 cm³/mol. The molecule has 0 spiro atoms. The summed E-state index contributed by atoms with van der Waals surface area (Å²) in [5, 5.41) is 31.4. The highest BCUT2D eigenvalue weighted by Gasteiger charge is 2.30. The Morgan fingerprint density at radius 3 is 2.66 bits per heavy atom. The molecule has 4 heterocycles. The second kappa shape index (κ2) is 8.68. The molecular weight excluding hydrogens is 472 g/mol. The second-order valence-corrected chi connectivity index (χ2v) is 10.8. The van der Waals surface area contributed by atoms with E-state index in [1.807, 2.05) is 24.1 Å². The highest BCUT2D eigenvalue weighted by atomic mass is 32.2. The number of β-amino-alcohol motifs (C(OH)–C–C–N with tert-alkyl or cyclic N) is 2. The lowest BCUT2D eigenvalue weighted by Gasteiger charge is -2.17. The van der Waals surface area contributed by atoms with Gasteiger partial charge in [-0.1, -0.05) is 0 Å². The number of nitrogens with zero attached hydrogens (tertiary/aromatic N) is 7. The number of aliphatic hydroxyl groups excluding tert-OH is 2. The van der Waals surface area contributed by atoms with E-state index in [-0.39, 0.29) is 5.03 Å². The van der Waals surface area contributed by atoms with Crippen molar-refractivity contribution in [1.82, 2.24) is 34.8 Å². The van der Waals surface area contributed by atoms with Crippen LogP contribution in [-0.4, -0.2) is 92.1 Å². The number of fused-ring (bicyclic) bond motifs is 1. The first-order chi connectivity index (χ1) is 16.6. The van der Waals surface area contributed by atoms with Crippen molar-refractivity contribution in [3.05, 3.63) is 47.9 Å². The fourth-order valence-corrected chi connectivity index (χ4v) is 4.97. The minimum Gasteiger partial charge on any atom is -0.389 e. The number of aromatic nitrogens is 6. The van der Waals surface area contributed by atoms with Gasteiger partial charge in [0.2, 0.25) is 5.95 Å². The van der Waals surface area contributed by atoms with E-state index in [0.717, 1.165) is 17.5 Å². The molecule has 13 heteroatoms. The molecule has 1 fully saturated rings. The highest BCUT2D eigenvalue weighted by Crippen LogP contribution is 2.28. The summed E-state index contributed by atoms with van der Waals surface area (Å²) >= 11 is 0. The normalized spacial score (nSPS) is 19.0. The molecule has 12 nitrogen and oxygen atoms in total. The van der Waals surface area contributed by atoms with E-state index >= 15 is 0 Å². The molecule has 1 aliphatic heterocycles. The summed E-state index contributed by atoms with van der Waals surface area (Å²) < 4.78 is 25.8. The first kappa shape index (κ1) is 23.4. The van der Waals surface area contributed by atoms with Crippen LogP contribution >= 0.6 is 0 Å². The number of H-pyrrole nitrogens is 1. The van der Waals surface area contributed by atoms with Gasteiger partial charge in [0.05, 0.1) is 23.4 Å². The molecule has 0 saturated carbocycles. The van der Waals surface area contributed by atoms with Crippen LogP contribution in [0.15, 0.2) is 41.7 Å². The van der Waals surface area contributed by atoms with Gasteiger partial charge in [-0.05, 0) is 25.1 Å². The number of aliphatic hydroxyl groups is 2. The number of anilines is 2. The first-order valence-corrected chi connectivity index (χ1v) is 12.9. The maximum Gasteiger partial charge on any atom is 0.231 e. The molecule has 2 atom stereocenters. The van der Waals surface area contributed by atoms with Gasteiger partial charge in [0.25, 0.3) is 0 Å². The van der Waals surface area contributed by atoms with E-state index in [4.69, 9.17) is 0 Å². The number of nitrogens with one attached hydrogen (secondary N) is 1. The van der Waals surface area contributed by atoms with E-state index in [9.17, 15) is 18.6 Å². The van der Waals surface area contributed by atoms with Crippen LogP contribution in [0, 0.1) is 6.92 Å². The van der Waals surface area contributed by atoms with Crippen molar-refractivity contribution in [2.75, 3.05) is 31.3 Å².